The van der Waals surface area contributed by atoms with Crippen LogP contribution in [-0.4, -0.2) is 52.7 Å². The van der Waals surface area contributed by atoms with Gasteiger partial charge in [-0.2, -0.15) is 15.3 Å². The Kier molecular flexibility index (Phi) is 4.84. The lowest BCUT2D eigenvalue weighted by Gasteiger charge is -2.16. The molecule has 0 radical (unpaired) electrons. The molecule has 1 saturated heterocycles. The minimum Gasteiger partial charge on any atom is -0.348 e. The molecule has 9 heteroatoms. The van der Waals surface area contributed by atoms with E-state index in [2.05, 4.69) is 28.0 Å². The Morgan fingerprint density at radius 2 is 1.94 bits per heavy atom. The molecule has 1 saturated carbocycles. The van der Waals surface area contributed by atoms with E-state index in [4.69, 9.17) is 19.6 Å². The Labute approximate surface area is 192 Å². The molecule has 5 heterocycles. The Morgan fingerprint density at radius 1 is 1.06 bits per heavy atom. The van der Waals surface area contributed by atoms with Crippen molar-refractivity contribution in [1.29, 1.82) is 0 Å². The Balaban J connectivity index is 1.31. The van der Waals surface area contributed by atoms with Gasteiger partial charge in [0.15, 0.2) is 5.79 Å². The van der Waals surface area contributed by atoms with Crippen molar-refractivity contribution in [3.8, 4) is 22.5 Å². The second kappa shape index (κ2) is 7.78. The zero-order valence-electron chi connectivity index (χ0n) is 19.3. The van der Waals surface area contributed by atoms with Gasteiger partial charge in [-0.25, -0.2) is 9.50 Å². The molecule has 9 nitrogen and oxygen atoms in total. The fourth-order valence-electron chi connectivity index (χ4n) is 5.10. The minimum atomic E-state index is -0.539. The average molecular weight is 448 g/mol. The molecule has 33 heavy (non-hydrogen) atoms. The van der Waals surface area contributed by atoms with E-state index in [1.807, 2.05) is 53.9 Å². The number of ether oxygens (including phenoxy) is 2. The van der Waals surface area contributed by atoms with E-state index in [1.165, 1.54) is 19.3 Å². The highest BCUT2D eigenvalue weighted by molar-refractivity contribution is 5.78. The first-order chi connectivity index (χ1) is 15.9. The van der Waals surface area contributed by atoms with Crippen LogP contribution in [0.3, 0.4) is 0 Å². The molecule has 3 atom stereocenters. The summed E-state index contributed by atoms with van der Waals surface area (Å²) in [6.07, 6.45) is 15.3. The van der Waals surface area contributed by atoms with Gasteiger partial charge in [0.1, 0.15) is 6.10 Å². The van der Waals surface area contributed by atoms with Crippen molar-refractivity contribution in [2.75, 3.05) is 6.61 Å². The maximum absolute atomic E-state index is 5.92. The predicted octanol–water partition coefficient (Wildman–Crippen LogP) is 3.97. The first-order valence-electron chi connectivity index (χ1n) is 11.7. The fourth-order valence-corrected chi connectivity index (χ4v) is 5.10. The lowest BCUT2D eigenvalue weighted by atomic mass is 10.1. The third-order valence-corrected chi connectivity index (χ3v) is 6.81. The first-order valence-corrected chi connectivity index (χ1v) is 11.7. The van der Waals surface area contributed by atoms with Crippen molar-refractivity contribution in [2.45, 2.75) is 64.5 Å². The number of hydrogen-bond acceptors (Lipinski definition) is 6. The van der Waals surface area contributed by atoms with Crippen LogP contribution in [0, 0.1) is 5.92 Å². The molecule has 0 aromatic carbocycles. The molecule has 0 N–H and O–H groups in total. The lowest BCUT2D eigenvalue weighted by molar-refractivity contribution is -0.139. The number of nitrogens with zero attached hydrogens (tertiary/aromatic N) is 7. The van der Waals surface area contributed by atoms with Crippen molar-refractivity contribution in [1.82, 2.24) is 34.2 Å². The van der Waals surface area contributed by atoms with Crippen LogP contribution in [0.5, 0.6) is 0 Å². The molecule has 3 unspecified atom stereocenters. The van der Waals surface area contributed by atoms with E-state index >= 15 is 0 Å². The highest BCUT2D eigenvalue weighted by Gasteiger charge is 2.33. The number of rotatable bonds is 5. The molecule has 0 spiro atoms. The first kappa shape index (κ1) is 20.6. The molecular formula is C24H29N7O2. The quantitative estimate of drug-likeness (QED) is 0.460. The van der Waals surface area contributed by atoms with Crippen molar-refractivity contribution in [3.05, 3.63) is 43.2 Å². The normalized spacial score (nSPS) is 24.8. The SMILES string of the molecule is CC1CCCC1n1cc(-c2nc(-c3cnn(CC4COC(C)(C)O4)c3)cn3nccc23)cn1. The van der Waals surface area contributed by atoms with Gasteiger partial charge in [0.2, 0.25) is 0 Å². The maximum atomic E-state index is 5.92. The van der Waals surface area contributed by atoms with Crippen molar-refractivity contribution in [2.24, 2.45) is 5.92 Å². The van der Waals surface area contributed by atoms with E-state index in [0.29, 0.717) is 25.1 Å². The van der Waals surface area contributed by atoms with E-state index in [9.17, 15) is 0 Å². The van der Waals surface area contributed by atoms with Gasteiger partial charge in [0.05, 0.1) is 60.9 Å². The molecule has 1 aliphatic carbocycles. The van der Waals surface area contributed by atoms with Crippen LogP contribution in [0.15, 0.2) is 43.2 Å². The van der Waals surface area contributed by atoms with Crippen LogP contribution in [0.4, 0.5) is 0 Å². The summed E-state index contributed by atoms with van der Waals surface area (Å²) in [5, 5.41) is 13.7. The summed E-state index contributed by atoms with van der Waals surface area (Å²) >= 11 is 0. The van der Waals surface area contributed by atoms with Gasteiger partial charge < -0.3 is 9.47 Å². The molecule has 4 aromatic rings. The molecule has 2 fully saturated rings. The molecule has 0 bridgehead atoms. The Bertz CT molecular complexity index is 1290. The largest absolute Gasteiger partial charge is 0.348 e. The van der Waals surface area contributed by atoms with E-state index in [1.54, 1.807) is 6.20 Å². The summed E-state index contributed by atoms with van der Waals surface area (Å²) in [5.41, 5.74) is 4.60. The summed E-state index contributed by atoms with van der Waals surface area (Å²) in [6.45, 7) is 7.37. The zero-order valence-corrected chi connectivity index (χ0v) is 19.3. The van der Waals surface area contributed by atoms with Gasteiger partial charge in [-0.1, -0.05) is 13.3 Å². The smallest absolute Gasteiger partial charge is 0.163 e. The highest BCUT2D eigenvalue weighted by atomic mass is 16.7. The Hall–Kier alpha value is -3.04. The van der Waals surface area contributed by atoms with Crippen LogP contribution in [0.1, 0.15) is 46.1 Å². The third kappa shape index (κ3) is 3.85. The summed E-state index contributed by atoms with van der Waals surface area (Å²) in [4.78, 5) is 5.02. The molecular weight excluding hydrogens is 418 g/mol. The molecule has 2 aliphatic rings. The summed E-state index contributed by atoms with van der Waals surface area (Å²) < 4.78 is 17.5. The second-order valence-corrected chi connectivity index (χ2v) is 9.72. The van der Waals surface area contributed by atoms with E-state index in [-0.39, 0.29) is 6.10 Å². The van der Waals surface area contributed by atoms with Gasteiger partial charge in [-0.05, 0) is 38.7 Å². The summed E-state index contributed by atoms with van der Waals surface area (Å²) in [6, 6.07) is 2.46. The predicted molar refractivity (Wildman–Crippen MR) is 122 cm³/mol. The van der Waals surface area contributed by atoms with Crippen LogP contribution in [-0.2, 0) is 16.0 Å². The topological polar surface area (TPSA) is 84.3 Å². The summed E-state index contributed by atoms with van der Waals surface area (Å²) in [7, 11) is 0. The molecule has 172 valence electrons. The number of hydrogen-bond donors (Lipinski definition) is 0. The van der Waals surface area contributed by atoms with Crippen molar-refractivity contribution < 1.29 is 9.47 Å². The molecule has 6 rings (SSSR count). The zero-order chi connectivity index (χ0) is 22.6. The van der Waals surface area contributed by atoms with Gasteiger partial charge in [0.25, 0.3) is 0 Å². The lowest BCUT2D eigenvalue weighted by Crippen LogP contribution is -2.24. The average Bonchev–Trinajstić information content (AvgIpc) is 3.59. The highest BCUT2D eigenvalue weighted by Crippen LogP contribution is 2.36. The van der Waals surface area contributed by atoms with Gasteiger partial charge in [0, 0.05) is 23.5 Å². The van der Waals surface area contributed by atoms with Crippen LogP contribution >= 0.6 is 0 Å². The maximum Gasteiger partial charge on any atom is 0.163 e. The van der Waals surface area contributed by atoms with Gasteiger partial charge in [-0.3, -0.25) is 9.36 Å². The van der Waals surface area contributed by atoms with E-state index in [0.717, 1.165) is 28.0 Å². The van der Waals surface area contributed by atoms with E-state index < -0.39 is 5.79 Å². The number of fused-ring (bicyclic) bond motifs is 1. The van der Waals surface area contributed by atoms with Crippen molar-refractivity contribution >= 4 is 5.52 Å². The van der Waals surface area contributed by atoms with Crippen LogP contribution in [0.2, 0.25) is 0 Å². The fraction of sp³-hybridized carbons (Fsp3) is 0.500. The molecule has 1 aliphatic heterocycles. The van der Waals surface area contributed by atoms with Gasteiger partial charge in [-0.15, -0.1) is 0 Å². The second-order valence-electron chi connectivity index (χ2n) is 9.72. The van der Waals surface area contributed by atoms with Crippen LogP contribution in [0.25, 0.3) is 28.0 Å². The molecule has 0 amide bonds. The standard InChI is InChI=1S/C24H29N7O2/c1-16-5-4-6-21(16)30-12-18(10-27-30)23-22-7-8-25-31(22)14-20(28-23)17-9-26-29(11-17)13-19-15-32-24(2,3)33-19/h7-12,14,16,19,21H,4-6,13,15H2,1-3H3. The minimum absolute atomic E-state index is 0.0197. The number of aromatic nitrogens is 7. The third-order valence-electron chi connectivity index (χ3n) is 6.81. The monoisotopic (exact) mass is 447 g/mol. The molecule has 4 aromatic heterocycles. The van der Waals surface area contributed by atoms with Crippen LogP contribution < -0.4 is 0 Å². The van der Waals surface area contributed by atoms with Crippen molar-refractivity contribution in [3.63, 3.8) is 0 Å². The van der Waals surface area contributed by atoms with Gasteiger partial charge >= 0.3 is 0 Å². The Morgan fingerprint density at radius 3 is 2.73 bits per heavy atom. The summed E-state index contributed by atoms with van der Waals surface area (Å²) in [5.74, 6) is 0.112.